The molecule has 0 saturated heterocycles. The molecular formula is C8H9Cl3O5. The molecule has 0 saturated carbocycles. The number of hydrogen-bond acceptors (Lipinski definition) is 5. The zero-order valence-electron chi connectivity index (χ0n) is 7.99. The van der Waals surface area contributed by atoms with E-state index < -0.39 is 28.4 Å². The molecule has 0 amide bonds. The third-order valence-electron chi connectivity index (χ3n) is 1.22. The smallest absolute Gasteiger partial charge is 0.358 e. The van der Waals surface area contributed by atoms with E-state index in [-0.39, 0.29) is 6.61 Å². The molecule has 0 aromatic carbocycles. The highest BCUT2D eigenvalue weighted by molar-refractivity contribution is 6.75. The van der Waals surface area contributed by atoms with E-state index >= 15 is 0 Å². The first-order chi connectivity index (χ1) is 7.27. The lowest BCUT2D eigenvalue weighted by molar-refractivity contribution is -0.149. The third-order valence-corrected chi connectivity index (χ3v) is 1.69. The molecule has 0 heterocycles. The van der Waals surface area contributed by atoms with Crippen molar-refractivity contribution < 1.29 is 24.2 Å². The maximum absolute atomic E-state index is 10.9. The van der Waals surface area contributed by atoms with Crippen molar-refractivity contribution in [2.24, 2.45) is 0 Å². The van der Waals surface area contributed by atoms with Gasteiger partial charge in [0.1, 0.15) is 19.3 Å². The minimum absolute atomic E-state index is 0.349. The van der Waals surface area contributed by atoms with Gasteiger partial charge < -0.3 is 14.6 Å². The highest BCUT2D eigenvalue weighted by atomic mass is 35.6. The quantitative estimate of drug-likeness (QED) is 0.464. The lowest BCUT2D eigenvalue weighted by Crippen LogP contribution is -2.29. The number of carbonyl (C=O) groups excluding carboxylic acids is 2. The fourth-order valence-corrected chi connectivity index (χ4v) is 0.703. The largest absolute Gasteiger partial charge is 0.460 e. The molecule has 8 heteroatoms. The average molecular weight is 292 g/mol. The van der Waals surface area contributed by atoms with Crippen LogP contribution in [0.4, 0.5) is 0 Å². The van der Waals surface area contributed by atoms with Crippen molar-refractivity contribution >= 4 is 46.7 Å². The number of hydrogen-bond donors (Lipinski definition) is 1. The molecule has 0 aromatic heterocycles. The van der Waals surface area contributed by atoms with Gasteiger partial charge in [-0.05, 0) is 0 Å². The van der Waals surface area contributed by atoms with Crippen LogP contribution in [0.2, 0.25) is 0 Å². The predicted molar refractivity (Wildman–Crippen MR) is 58.4 cm³/mol. The standard InChI is InChI=1S/C8H9Cl3O5/c1-2-6(13)15-3-5(12)4-16-7(14)8(9,10)11/h2,5,12H,1,3-4H2. The van der Waals surface area contributed by atoms with Gasteiger partial charge in [0, 0.05) is 6.08 Å². The second kappa shape index (κ2) is 6.96. The first kappa shape index (κ1) is 15.5. The monoisotopic (exact) mass is 290 g/mol. The molecule has 0 aromatic rings. The van der Waals surface area contributed by atoms with Crippen LogP contribution in [-0.2, 0) is 19.1 Å². The molecule has 0 aliphatic carbocycles. The topological polar surface area (TPSA) is 72.8 Å². The molecule has 0 aliphatic heterocycles. The average Bonchev–Trinajstić information content (AvgIpc) is 2.20. The van der Waals surface area contributed by atoms with Gasteiger partial charge in [0.15, 0.2) is 0 Å². The number of aliphatic hydroxyl groups excluding tert-OH is 1. The first-order valence-electron chi connectivity index (χ1n) is 3.98. The van der Waals surface area contributed by atoms with Crippen LogP contribution >= 0.6 is 34.8 Å². The summed E-state index contributed by atoms with van der Waals surface area (Å²) in [6.45, 7) is 2.35. The maximum atomic E-state index is 10.9. The molecule has 1 unspecified atom stereocenters. The molecule has 0 rings (SSSR count). The number of alkyl halides is 3. The molecule has 0 aliphatic rings. The van der Waals surface area contributed by atoms with Crippen molar-refractivity contribution in [3.05, 3.63) is 12.7 Å². The number of halogens is 3. The maximum Gasteiger partial charge on any atom is 0.358 e. The van der Waals surface area contributed by atoms with E-state index in [9.17, 15) is 14.7 Å². The summed E-state index contributed by atoms with van der Waals surface area (Å²) in [7, 11) is 0. The second-order valence-corrected chi connectivity index (χ2v) is 4.87. The Kier molecular flexibility index (Phi) is 6.74. The Morgan fingerprint density at radius 2 is 1.81 bits per heavy atom. The van der Waals surface area contributed by atoms with Crippen LogP contribution in [0.1, 0.15) is 0 Å². The van der Waals surface area contributed by atoms with E-state index in [0.717, 1.165) is 6.08 Å². The normalized spacial score (nSPS) is 12.8. The summed E-state index contributed by atoms with van der Waals surface area (Å²) in [6.07, 6.45) is -0.264. The molecule has 0 fully saturated rings. The summed E-state index contributed by atoms with van der Waals surface area (Å²) < 4.78 is 6.71. The Morgan fingerprint density at radius 3 is 2.25 bits per heavy atom. The molecule has 0 spiro atoms. The van der Waals surface area contributed by atoms with Crippen molar-refractivity contribution in [1.29, 1.82) is 0 Å². The number of aliphatic hydroxyl groups is 1. The highest BCUT2D eigenvalue weighted by Crippen LogP contribution is 2.27. The fraction of sp³-hybridized carbons (Fsp3) is 0.500. The van der Waals surface area contributed by atoms with Crippen molar-refractivity contribution in [2.45, 2.75) is 9.90 Å². The van der Waals surface area contributed by atoms with E-state index in [0.29, 0.717) is 0 Å². The van der Waals surface area contributed by atoms with Crippen LogP contribution < -0.4 is 0 Å². The van der Waals surface area contributed by atoms with E-state index in [2.05, 4.69) is 16.1 Å². The van der Waals surface area contributed by atoms with Crippen molar-refractivity contribution in [3.8, 4) is 0 Å². The minimum Gasteiger partial charge on any atom is -0.460 e. The molecule has 1 N–H and O–H groups in total. The Balaban J connectivity index is 3.82. The fourth-order valence-electron chi connectivity index (χ4n) is 0.539. The van der Waals surface area contributed by atoms with Gasteiger partial charge in [-0.25, -0.2) is 9.59 Å². The van der Waals surface area contributed by atoms with Gasteiger partial charge in [0.25, 0.3) is 3.79 Å². The third kappa shape index (κ3) is 6.90. The summed E-state index contributed by atoms with van der Waals surface area (Å²) >= 11 is 15.6. The van der Waals surface area contributed by atoms with E-state index in [4.69, 9.17) is 34.8 Å². The van der Waals surface area contributed by atoms with Gasteiger partial charge in [0.05, 0.1) is 0 Å². The molecular weight excluding hydrogens is 282 g/mol. The van der Waals surface area contributed by atoms with Gasteiger partial charge >= 0.3 is 11.9 Å². The Morgan fingerprint density at radius 1 is 1.31 bits per heavy atom. The molecule has 0 radical (unpaired) electrons. The van der Waals surface area contributed by atoms with Gasteiger partial charge in [0.2, 0.25) is 0 Å². The van der Waals surface area contributed by atoms with E-state index in [1.807, 2.05) is 0 Å². The lowest BCUT2D eigenvalue weighted by Gasteiger charge is -2.13. The van der Waals surface area contributed by atoms with Crippen LogP contribution in [0.3, 0.4) is 0 Å². The summed E-state index contributed by atoms with van der Waals surface area (Å²) in [6, 6.07) is 0. The van der Waals surface area contributed by atoms with Crippen molar-refractivity contribution in [1.82, 2.24) is 0 Å². The zero-order chi connectivity index (χ0) is 12.8. The van der Waals surface area contributed by atoms with Crippen molar-refractivity contribution in [3.63, 3.8) is 0 Å². The molecule has 1 atom stereocenters. The Labute approximate surface area is 107 Å². The Hall–Kier alpha value is -0.490. The van der Waals surface area contributed by atoms with Crippen LogP contribution in [0, 0.1) is 0 Å². The summed E-state index contributed by atoms with van der Waals surface area (Å²) in [5.41, 5.74) is 0. The SMILES string of the molecule is C=CC(=O)OCC(O)COC(=O)C(Cl)(Cl)Cl. The van der Waals surface area contributed by atoms with Crippen LogP contribution in [0.25, 0.3) is 0 Å². The number of carbonyl (C=O) groups is 2. The van der Waals surface area contributed by atoms with Gasteiger partial charge in [-0.1, -0.05) is 41.4 Å². The number of ether oxygens (including phenoxy) is 2. The van der Waals surface area contributed by atoms with Crippen molar-refractivity contribution in [2.75, 3.05) is 13.2 Å². The zero-order valence-corrected chi connectivity index (χ0v) is 10.3. The van der Waals surface area contributed by atoms with E-state index in [1.165, 1.54) is 0 Å². The van der Waals surface area contributed by atoms with Gasteiger partial charge in [-0.3, -0.25) is 0 Å². The van der Waals surface area contributed by atoms with Crippen LogP contribution in [0.5, 0.6) is 0 Å². The summed E-state index contributed by atoms with van der Waals surface area (Å²) in [5, 5.41) is 9.19. The molecule has 92 valence electrons. The van der Waals surface area contributed by atoms with Gasteiger partial charge in [-0.2, -0.15) is 0 Å². The number of rotatable bonds is 5. The molecule has 16 heavy (non-hydrogen) atoms. The van der Waals surface area contributed by atoms with Gasteiger partial charge in [-0.15, -0.1) is 0 Å². The minimum atomic E-state index is -2.20. The summed E-state index contributed by atoms with van der Waals surface area (Å²) in [5.74, 6) is -1.82. The van der Waals surface area contributed by atoms with E-state index in [1.54, 1.807) is 0 Å². The molecule has 5 nitrogen and oxygen atoms in total. The van der Waals surface area contributed by atoms with Crippen LogP contribution in [0.15, 0.2) is 12.7 Å². The predicted octanol–water partition coefficient (Wildman–Crippen LogP) is 0.990. The Bertz CT molecular complexity index is 273. The first-order valence-corrected chi connectivity index (χ1v) is 5.12. The van der Waals surface area contributed by atoms with Crippen LogP contribution in [-0.4, -0.2) is 40.2 Å². The summed E-state index contributed by atoms with van der Waals surface area (Å²) in [4.78, 5) is 21.5. The highest BCUT2D eigenvalue weighted by Gasteiger charge is 2.33. The number of esters is 2. The lowest BCUT2D eigenvalue weighted by atomic mass is 10.4. The second-order valence-electron chi connectivity index (χ2n) is 2.58. The molecule has 0 bridgehead atoms.